The van der Waals surface area contributed by atoms with Crippen molar-refractivity contribution in [2.75, 3.05) is 0 Å². The zero-order valence-electron chi connectivity index (χ0n) is 14.9. The number of hydrogen-bond acceptors (Lipinski definition) is 4. The normalized spacial score (nSPS) is 24.5. The standard InChI is InChI=1S/C19H27NO4/c1-13(2)16(11-19(4)14(3)10-17(21)24-19)20-18(22)23-12-15-8-6-5-7-9-15/h5-9,13-14,16H,10-12H2,1-4H3,(H,20,22)/t14-,16+,19+/m0/s1. The summed E-state index contributed by atoms with van der Waals surface area (Å²) in [5, 5.41) is 2.92. The fraction of sp³-hybridized carbons (Fsp3) is 0.579. The number of esters is 1. The summed E-state index contributed by atoms with van der Waals surface area (Å²) in [6.07, 6.45) is 0.566. The van der Waals surface area contributed by atoms with Crippen LogP contribution >= 0.6 is 0 Å². The molecule has 0 radical (unpaired) electrons. The van der Waals surface area contributed by atoms with E-state index in [0.29, 0.717) is 12.8 Å². The minimum absolute atomic E-state index is 0.119. The van der Waals surface area contributed by atoms with E-state index in [2.05, 4.69) is 5.32 Å². The second-order valence-electron chi connectivity index (χ2n) is 7.15. The van der Waals surface area contributed by atoms with Gasteiger partial charge in [0.2, 0.25) is 0 Å². The molecular formula is C19H27NO4. The molecule has 3 atom stereocenters. The molecule has 1 amide bonds. The van der Waals surface area contributed by atoms with Gasteiger partial charge in [0.15, 0.2) is 0 Å². The summed E-state index contributed by atoms with van der Waals surface area (Å²) in [6.45, 7) is 8.25. The van der Waals surface area contributed by atoms with Crippen LogP contribution in [0.5, 0.6) is 0 Å². The Morgan fingerprint density at radius 1 is 1.38 bits per heavy atom. The van der Waals surface area contributed by atoms with Gasteiger partial charge >= 0.3 is 12.1 Å². The quantitative estimate of drug-likeness (QED) is 0.807. The third-order valence-corrected chi connectivity index (χ3v) is 4.81. The molecule has 24 heavy (non-hydrogen) atoms. The van der Waals surface area contributed by atoms with Gasteiger partial charge in [0.25, 0.3) is 0 Å². The highest BCUT2D eigenvalue weighted by Crippen LogP contribution is 2.37. The largest absolute Gasteiger partial charge is 0.459 e. The average molecular weight is 333 g/mol. The van der Waals surface area contributed by atoms with E-state index in [1.165, 1.54) is 0 Å². The summed E-state index contributed by atoms with van der Waals surface area (Å²) >= 11 is 0. The van der Waals surface area contributed by atoms with Gasteiger partial charge in [-0.3, -0.25) is 4.79 Å². The monoisotopic (exact) mass is 333 g/mol. The van der Waals surface area contributed by atoms with Gasteiger partial charge in [-0.2, -0.15) is 0 Å². The van der Waals surface area contributed by atoms with Gasteiger partial charge in [0.1, 0.15) is 12.2 Å². The summed E-state index contributed by atoms with van der Waals surface area (Å²) < 4.78 is 10.8. The maximum absolute atomic E-state index is 12.1. The number of amides is 1. The van der Waals surface area contributed by atoms with E-state index in [9.17, 15) is 9.59 Å². The van der Waals surface area contributed by atoms with Crippen LogP contribution in [0.25, 0.3) is 0 Å². The Morgan fingerprint density at radius 3 is 2.58 bits per heavy atom. The van der Waals surface area contributed by atoms with Crippen LogP contribution in [0.15, 0.2) is 30.3 Å². The van der Waals surface area contributed by atoms with Crippen LogP contribution < -0.4 is 5.32 Å². The van der Waals surface area contributed by atoms with Crippen LogP contribution in [0.1, 0.15) is 46.1 Å². The SMILES string of the molecule is CC(C)[C@@H](C[C@@]1(C)OC(=O)C[C@@H]1C)NC(=O)OCc1ccccc1. The number of alkyl carbamates (subject to hydrolysis) is 1. The van der Waals surface area contributed by atoms with E-state index < -0.39 is 11.7 Å². The molecule has 0 spiro atoms. The summed E-state index contributed by atoms with van der Waals surface area (Å²) in [5.74, 6) is 0.171. The molecule has 5 nitrogen and oxygen atoms in total. The minimum atomic E-state index is -0.543. The lowest BCUT2D eigenvalue weighted by Gasteiger charge is -2.33. The summed E-state index contributed by atoms with van der Waals surface area (Å²) in [5.41, 5.74) is 0.401. The van der Waals surface area contributed by atoms with E-state index in [1.807, 2.05) is 58.0 Å². The van der Waals surface area contributed by atoms with Crippen molar-refractivity contribution in [1.29, 1.82) is 0 Å². The van der Waals surface area contributed by atoms with Crippen molar-refractivity contribution in [3.8, 4) is 0 Å². The minimum Gasteiger partial charge on any atom is -0.459 e. The molecule has 0 bridgehead atoms. The van der Waals surface area contributed by atoms with Crippen LogP contribution in [0.4, 0.5) is 4.79 Å². The third-order valence-electron chi connectivity index (χ3n) is 4.81. The first-order chi connectivity index (χ1) is 11.3. The number of ether oxygens (including phenoxy) is 2. The second-order valence-corrected chi connectivity index (χ2v) is 7.15. The molecule has 1 fully saturated rings. The number of cyclic esters (lactones) is 1. The van der Waals surface area contributed by atoms with Gasteiger partial charge < -0.3 is 14.8 Å². The van der Waals surface area contributed by atoms with Crippen molar-refractivity contribution in [1.82, 2.24) is 5.32 Å². The van der Waals surface area contributed by atoms with Gasteiger partial charge in [-0.15, -0.1) is 0 Å². The van der Waals surface area contributed by atoms with E-state index in [0.717, 1.165) is 5.56 Å². The topological polar surface area (TPSA) is 64.6 Å². The Balaban J connectivity index is 1.91. The van der Waals surface area contributed by atoms with Crippen molar-refractivity contribution < 1.29 is 19.1 Å². The Labute approximate surface area is 143 Å². The molecule has 5 heteroatoms. The van der Waals surface area contributed by atoms with E-state index in [-0.39, 0.29) is 30.5 Å². The summed E-state index contributed by atoms with van der Waals surface area (Å²) in [4.78, 5) is 23.7. The highest BCUT2D eigenvalue weighted by molar-refractivity contribution is 5.73. The van der Waals surface area contributed by atoms with Gasteiger partial charge in [-0.25, -0.2) is 4.79 Å². The lowest BCUT2D eigenvalue weighted by atomic mass is 9.82. The van der Waals surface area contributed by atoms with Gasteiger partial charge in [0.05, 0.1) is 6.42 Å². The molecule has 1 heterocycles. The van der Waals surface area contributed by atoms with Gasteiger partial charge in [0, 0.05) is 18.4 Å². The zero-order chi connectivity index (χ0) is 17.7. The Morgan fingerprint density at radius 2 is 2.04 bits per heavy atom. The van der Waals surface area contributed by atoms with Crippen molar-refractivity contribution >= 4 is 12.1 Å². The van der Waals surface area contributed by atoms with Crippen molar-refractivity contribution in [2.24, 2.45) is 11.8 Å². The number of rotatable bonds is 6. The molecule has 2 rings (SSSR count). The second kappa shape index (κ2) is 7.69. The molecule has 0 aromatic heterocycles. The molecule has 1 saturated heterocycles. The Bertz CT molecular complexity index is 572. The lowest BCUT2D eigenvalue weighted by Crippen LogP contribution is -2.46. The molecular weight excluding hydrogens is 306 g/mol. The van der Waals surface area contributed by atoms with Gasteiger partial charge in [-0.05, 0) is 18.4 Å². The van der Waals surface area contributed by atoms with E-state index >= 15 is 0 Å². The number of benzene rings is 1. The summed E-state index contributed by atoms with van der Waals surface area (Å²) in [6, 6.07) is 9.44. The summed E-state index contributed by atoms with van der Waals surface area (Å²) in [7, 11) is 0. The fourth-order valence-corrected chi connectivity index (χ4v) is 2.92. The van der Waals surface area contributed by atoms with Crippen LogP contribution in [-0.2, 0) is 20.9 Å². The van der Waals surface area contributed by atoms with Crippen molar-refractivity contribution in [3.05, 3.63) is 35.9 Å². The first-order valence-corrected chi connectivity index (χ1v) is 8.49. The van der Waals surface area contributed by atoms with Crippen molar-refractivity contribution in [3.63, 3.8) is 0 Å². The maximum atomic E-state index is 12.1. The fourth-order valence-electron chi connectivity index (χ4n) is 2.92. The number of hydrogen-bond donors (Lipinski definition) is 1. The van der Waals surface area contributed by atoms with E-state index in [4.69, 9.17) is 9.47 Å². The van der Waals surface area contributed by atoms with Crippen LogP contribution in [0, 0.1) is 11.8 Å². The van der Waals surface area contributed by atoms with Gasteiger partial charge in [-0.1, -0.05) is 51.1 Å². The van der Waals surface area contributed by atoms with Crippen LogP contribution in [0.3, 0.4) is 0 Å². The average Bonchev–Trinajstić information content (AvgIpc) is 2.78. The smallest absolute Gasteiger partial charge is 0.407 e. The molecule has 0 saturated carbocycles. The number of carbonyl (C=O) groups is 2. The molecule has 1 aliphatic heterocycles. The van der Waals surface area contributed by atoms with Crippen LogP contribution in [-0.4, -0.2) is 23.7 Å². The Kier molecular flexibility index (Phi) is 5.86. The highest BCUT2D eigenvalue weighted by atomic mass is 16.6. The van der Waals surface area contributed by atoms with Crippen molar-refractivity contribution in [2.45, 2.75) is 58.8 Å². The lowest BCUT2D eigenvalue weighted by molar-refractivity contribution is -0.149. The predicted molar refractivity (Wildman–Crippen MR) is 91.3 cm³/mol. The Hall–Kier alpha value is -2.04. The first-order valence-electron chi connectivity index (χ1n) is 8.49. The number of carbonyl (C=O) groups excluding carboxylic acids is 2. The molecule has 1 aromatic rings. The number of nitrogens with one attached hydrogen (secondary N) is 1. The maximum Gasteiger partial charge on any atom is 0.407 e. The molecule has 1 aliphatic rings. The highest BCUT2D eigenvalue weighted by Gasteiger charge is 2.44. The molecule has 0 aliphatic carbocycles. The third kappa shape index (κ3) is 4.73. The molecule has 1 aromatic carbocycles. The predicted octanol–water partition coefficient (Wildman–Crippen LogP) is 3.67. The van der Waals surface area contributed by atoms with Crippen LogP contribution in [0.2, 0.25) is 0 Å². The zero-order valence-corrected chi connectivity index (χ0v) is 14.9. The molecule has 132 valence electrons. The first kappa shape index (κ1) is 18.3. The van der Waals surface area contributed by atoms with E-state index in [1.54, 1.807) is 0 Å². The molecule has 0 unspecified atom stereocenters. The molecule has 1 N–H and O–H groups in total.